The fourth-order valence-electron chi connectivity index (χ4n) is 3.07. The number of nitrogens with zero attached hydrogens (tertiary/aromatic N) is 1. The highest BCUT2D eigenvalue weighted by Gasteiger charge is 2.29. The van der Waals surface area contributed by atoms with E-state index in [1.54, 1.807) is 7.05 Å². The summed E-state index contributed by atoms with van der Waals surface area (Å²) in [5, 5.41) is 2.72. The van der Waals surface area contributed by atoms with Crippen LogP contribution in [0.15, 0.2) is 18.2 Å². The van der Waals surface area contributed by atoms with Gasteiger partial charge >= 0.3 is 0 Å². The molecule has 116 valence electrons. The van der Waals surface area contributed by atoms with Gasteiger partial charge in [-0.2, -0.15) is 0 Å². The standard InChI is InChI=1S/C17H26N2O2/c1-5-9-19(12(2)3)13-10-15-14(17(20)18-4)7-6-8-16(15)21-11-13/h6-8,12-13H,5,9-11H2,1-4H3,(H,18,20). The average molecular weight is 290 g/mol. The first-order valence-electron chi connectivity index (χ1n) is 7.81. The molecule has 0 aromatic heterocycles. The number of amides is 1. The highest BCUT2D eigenvalue weighted by atomic mass is 16.5. The molecule has 1 heterocycles. The number of hydrogen-bond acceptors (Lipinski definition) is 3. The second kappa shape index (κ2) is 6.94. The van der Waals surface area contributed by atoms with Gasteiger partial charge in [0.15, 0.2) is 0 Å². The van der Waals surface area contributed by atoms with Crippen molar-refractivity contribution in [3.63, 3.8) is 0 Å². The number of hydrogen-bond donors (Lipinski definition) is 1. The van der Waals surface area contributed by atoms with E-state index in [0.29, 0.717) is 18.7 Å². The Balaban J connectivity index is 2.27. The number of benzene rings is 1. The third kappa shape index (κ3) is 3.38. The highest BCUT2D eigenvalue weighted by molar-refractivity contribution is 5.96. The Morgan fingerprint density at radius 2 is 2.24 bits per heavy atom. The first-order valence-corrected chi connectivity index (χ1v) is 7.81. The first-order chi connectivity index (χ1) is 10.1. The van der Waals surface area contributed by atoms with Gasteiger partial charge in [0.25, 0.3) is 5.91 Å². The number of carbonyl (C=O) groups excluding carboxylic acids is 1. The lowest BCUT2D eigenvalue weighted by Crippen LogP contribution is -2.47. The molecule has 1 N–H and O–H groups in total. The maximum atomic E-state index is 12.0. The molecule has 4 nitrogen and oxygen atoms in total. The van der Waals surface area contributed by atoms with Crippen LogP contribution in [0.1, 0.15) is 43.1 Å². The van der Waals surface area contributed by atoms with Crippen LogP contribution in [0.4, 0.5) is 0 Å². The minimum Gasteiger partial charge on any atom is -0.492 e. The molecule has 0 spiro atoms. The summed E-state index contributed by atoms with van der Waals surface area (Å²) < 4.78 is 5.93. The SMILES string of the molecule is CCCN(C(C)C)C1COc2cccc(C(=O)NC)c2C1. The van der Waals surface area contributed by atoms with Crippen molar-refractivity contribution in [3.8, 4) is 5.75 Å². The van der Waals surface area contributed by atoms with Crippen LogP contribution in [0.3, 0.4) is 0 Å². The Morgan fingerprint density at radius 3 is 2.86 bits per heavy atom. The number of fused-ring (bicyclic) bond motifs is 1. The van der Waals surface area contributed by atoms with Gasteiger partial charge in [0.05, 0.1) is 0 Å². The third-order valence-electron chi connectivity index (χ3n) is 4.09. The second-order valence-electron chi connectivity index (χ2n) is 5.86. The minimum absolute atomic E-state index is 0.0392. The van der Waals surface area contributed by atoms with E-state index in [9.17, 15) is 4.79 Å². The van der Waals surface area contributed by atoms with Gasteiger partial charge in [-0.3, -0.25) is 9.69 Å². The molecule has 0 fully saturated rings. The molecule has 1 aromatic rings. The number of rotatable bonds is 5. The molecule has 0 aliphatic carbocycles. The maximum Gasteiger partial charge on any atom is 0.251 e. The Labute approximate surface area is 127 Å². The van der Waals surface area contributed by atoms with Crippen LogP contribution >= 0.6 is 0 Å². The maximum absolute atomic E-state index is 12.0. The van der Waals surface area contributed by atoms with Crippen molar-refractivity contribution >= 4 is 5.91 Å². The van der Waals surface area contributed by atoms with Crippen LogP contribution in [-0.4, -0.2) is 43.1 Å². The van der Waals surface area contributed by atoms with Crippen molar-refractivity contribution in [2.75, 3.05) is 20.2 Å². The largest absolute Gasteiger partial charge is 0.492 e. The van der Waals surface area contributed by atoms with E-state index in [-0.39, 0.29) is 5.91 Å². The van der Waals surface area contributed by atoms with Gasteiger partial charge in [-0.25, -0.2) is 0 Å². The lowest BCUT2D eigenvalue weighted by molar-refractivity contribution is 0.0895. The van der Waals surface area contributed by atoms with Gasteiger partial charge in [0.1, 0.15) is 12.4 Å². The molecule has 0 radical (unpaired) electrons. The summed E-state index contributed by atoms with van der Waals surface area (Å²) in [6.07, 6.45) is 2.00. The monoisotopic (exact) mass is 290 g/mol. The molecule has 0 saturated heterocycles. The average Bonchev–Trinajstić information content (AvgIpc) is 2.50. The number of ether oxygens (including phenoxy) is 1. The molecule has 21 heavy (non-hydrogen) atoms. The quantitative estimate of drug-likeness (QED) is 0.906. The Morgan fingerprint density at radius 1 is 1.48 bits per heavy atom. The predicted molar refractivity (Wildman–Crippen MR) is 85.0 cm³/mol. The normalized spacial score (nSPS) is 17.5. The fraction of sp³-hybridized carbons (Fsp3) is 0.588. The van der Waals surface area contributed by atoms with Crippen molar-refractivity contribution in [3.05, 3.63) is 29.3 Å². The van der Waals surface area contributed by atoms with Crippen LogP contribution in [0.2, 0.25) is 0 Å². The highest BCUT2D eigenvalue weighted by Crippen LogP contribution is 2.30. The topological polar surface area (TPSA) is 41.6 Å². The van der Waals surface area contributed by atoms with E-state index in [0.717, 1.165) is 36.3 Å². The van der Waals surface area contributed by atoms with E-state index in [1.165, 1.54) is 0 Å². The molecule has 0 saturated carbocycles. The summed E-state index contributed by atoms with van der Waals surface area (Å²) in [6, 6.07) is 6.53. The van der Waals surface area contributed by atoms with Gasteiger partial charge < -0.3 is 10.1 Å². The predicted octanol–water partition coefficient (Wildman–Crippen LogP) is 2.47. The zero-order chi connectivity index (χ0) is 15.4. The molecule has 2 rings (SSSR count). The van der Waals surface area contributed by atoms with Crippen LogP contribution < -0.4 is 10.1 Å². The lowest BCUT2D eigenvalue weighted by Gasteiger charge is -2.38. The molecule has 4 heteroatoms. The van der Waals surface area contributed by atoms with Crippen LogP contribution in [-0.2, 0) is 6.42 Å². The van der Waals surface area contributed by atoms with E-state index in [4.69, 9.17) is 4.74 Å². The minimum atomic E-state index is -0.0392. The molecular weight excluding hydrogens is 264 g/mol. The van der Waals surface area contributed by atoms with E-state index in [2.05, 4.69) is 31.0 Å². The third-order valence-corrected chi connectivity index (χ3v) is 4.09. The van der Waals surface area contributed by atoms with Crippen molar-refractivity contribution < 1.29 is 9.53 Å². The van der Waals surface area contributed by atoms with Crippen molar-refractivity contribution in [1.82, 2.24) is 10.2 Å². The van der Waals surface area contributed by atoms with Gasteiger partial charge in [-0.15, -0.1) is 0 Å². The summed E-state index contributed by atoms with van der Waals surface area (Å²) >= 11 is 0. The van der Waals surface area contributed by atoms with Crippen molar-refractivity contribution in [2.24, 2.45) is 0 Å². The van der Waals surface area contributed by atoms with Gasteiger partial charge in [0, 0.05) is 30.3 Å². The van der Waals surface area contributed by atoms with Gasteiger partial charge in [-0.1, -0.05) is 13.0 Å². The second-order valence-corrected chi connectivity index (χ2v) is 5.86. The summed E-state index contributed by atoms with van der Waals surface area (Å²) in [5.41, 5.74) is 1.77. The molecule has 1 aliphatic heterocycles. The Hall–Kier alpha value is -1.55. The first kappa shape index (κ1) is 15.8. The van der Waals surface area contributed by atoms with Gasteiger partial charge in [0.2, 0.25) is 0 Å². The van der Waals surface area contributed by atoms with Crippen molar-refractivity contribution in [1.29, 1.82) is 0 Å². The zero-order valence-electron chi connectivity index (χ0n) is 13.5. The molecule has 1 amide bonds. The fourth-order valence-corrected chi connectivity index (χ4v) is 3.07. The molecule has 1 unspecified atom stereocenters. The summed E-state index contributed by atoms with van der Waals surface area (Å²) in [4.78, 5) is 14.5. The van der Waals surface area contributed by atoms with E-state index >= 15 is 0 Å². The summed E-state index contributed by atoms with van der Waals surface area (Å²) in [5.74, 6) is 0.815. The Bertz CT molecular complexity index is 500. The van der Waals surface area contributed by atoms with Crippen LogP contribution in [0, 0.1) is 0 Å². The lowest BCUT2D eigenvalue weighted by atomic mass is 9.95. The zero-order valence-corrected chi connectivity index (χ0v) is 13.5. The smallest absolute Gasteiger partial charge is 0.251 e. The van der Waals surface area contributed by atoms with E-state index < -0.39 is 0 Å². The molecular formula is C17H26N2O2. The molecule has 0 bridgehead atoms. The van der Waals surface area contributed by atoms with Crippen LogP contribution in [0.5, 0.6) is 5.75 Å². The Kier molecular flexibility index (Phi) is 5.23. The number of nitrogens with one attached hydrogen (secondary N) is 1. The van der Waals surface area contributed by atoms with Crippen molar-refractivity contribution in [2.45, 2.75) is 45.7 Å². The summed E-state index contributed by atoms with van der Waals surface area (Å²) in [6.45, 7) is 8.39. The van der Waals surface area contributed by atoms with Crippen LogP contribution in [0.25, 0.3) is 0 Å². The molecule has 1 aliphatic rings. The van der Waals surface area contributed by atoms with Gasteiger partial charge in [-0.05, 0) is 45.4 Å². The summed E-state index contributed by atoms with van der Waals surface area (Å²) in [7, 11) is 1.67. The molecule has 1 aromatic carbocycles. The number of carbonyl (C=O) groups is 1. The molecule has 1 atom stereocenters. The van der Waals surface area contributed by atoms with E-state index in [1.807, 2.05) is 18.2 Å².